The molecule has 0 radical (unpaired) electrons. The van der Waals surface area contributed by atoms with Gasteiger partial charge in [0.25, 0.3) is 0 Å². The van der Waals surface area contributed by atoms with Gasteiger partial charge in [-0.25, -0.2) is 4.79 Å². The zero-order valence-electron chi connectivity index (χ0n) is 13.0. The summed E-state index contributed by atoms with van der Waals surface area (Å²) in [5.41, 5.74) is 0.945. The number of fused-ring (bicyclic) bond motifs is 1. The molecule has 0 fully saturated rings. The number of aromatic nitrogens is 1. The molecular formula is C17H22N2O3. The maximum absolute atomic E-state index is 12.0. The van der Waals surface area contributed by atoms with Gasteiger partial charge in [0.1, 0.15) is 5.54 Å². The number of aliphatic carboxylic acids is 1. The number of carboxylic acids is 1. The molecule has 1 atom stereocenters. The topological polar surface area (TPSA) is 82.2 Å². The molecule has 5 heteroatoms. The summed E-state index contributed by atoms with van der Waals surface area (Å²) in [6.45, 7) is 3.46. The van der Waals surface area contributed by atoms with Crippen LogP contribution in [0.15, 0.2) is 30.5 Å². The van der Waals surface area contributed by atoms with E-state index in [9.17, 15) is 14.7 Å². The fourth-order valence-corrected chi connectivity index (χ4v) is 2.61. The van der Waals surface area contributed by atoms with Crippen molar-refractivity contribution in [3.05, 3.63) is 36.0 Å². The van der Waals surface area contributed by atoms with Crippen molar-refractivity contribution in [2.75, 3.05) is 0 Å². The molecule has 2 aromatic rings. The van der Waals surface area contributed by atoms with Crippen molar-refractivity contribution in [2.24, 2.45) is 0 Å². The zero-order chi connectivity index (χ0) is 16.2. The van der Waals surface area contributed by atoms with E-state index in [-0.39, 0.29) is 12.3 Å². The molecule has 1 aromatic carbocycles. The standard InChI is InChI=1S/C17H22N2O3/c1-3-9-17(2,16(21)22)19-15(20)7-5-12-4-6-14-13(11-12)8-10-18-14/h4,6,8,10-11,18H,3,5,7,9H2,1-2H3,(H,19,20)(H,21,22). The number of H-pyrrole nitrogens is 1. The Bertz CT molecular complexity index is 677. The molecule has 0 aliphatic rings. The minimum atomic E-state index is -1.18. The number of carbonyl (C=O) groups is 2. The van der Waals surface area contributed by atoms with Gasteiger partial charge in [-0.1, -0.05) is 19.4 Å². The van der Waals surface area contributed by atoms with Gasteiger partial charge in [0.05, 0.1) is 0 Å². The maximum Gasteiger partial charge on any atom is 0.329 e. The fourth-order valence-electron chi connectivity index (χ4n) is 2.61. The lowest BCUT2D eigenvalue weighted by molar-refractivity contribution is -0.147. The minimum absolute atomic E-state index is 0.229. The van der Waals surface area contributed by atoms with E-state index in [0.29, 0.717) is 19.3 Å². The first-order valence-electron chi connectivity index (χ1n) is 7.55. The lowest BCUT2D eigenvalue weighted by atomic mass is 9.96. The normalized spacial score (nSPS) is 13.7. The second kappa shape index (κ2) is 6.64. The van der Waals surface area contributed by atoms with Crippen LogP contribution in [0.3, 0.4) is 0 Å². The van der Waals surface area contributed by atoms with Crippen molar-refractivity contribution in [3.63, 3.8) is 0 Å². The highest BCUT2D eigenvalue weighted by Gasteiger charge is 2.33. The van der Waals surface area contributed by atoms with E-state index in [1.807, 2.05) is 37.4 Å². The molecule has 0 spiro atoms. The third kappa shape index (κ3) is 3.67. The highest BCUT2D eigenvalue weighted by atomic mass is 16.4. The number of carbonyl (C=O) groups excluding carboxylic acids is 1. The molecule has 1 unspecified atom stereocenters. The van der Waals surface area contributed by atoms with Gasteiger partial charge in [0.15, 0.2) is 0 Å². The van der Waals surface area contributed by atoms with Crippen LogP contribution in [0, 0.1) is 0 Å². The summed E-state index contributed by atoms with van der Waals surface area (Å²) in [4.78, 5) is 26.5. The van der Waals surface area contributed by atoms with Crippen LogP contribution in [0.5, 0.6) is 0 Å². The monoisotopic (exact) mass is 302 g/mol. The number of amides is 1. The van der Waals surface area contributed by atoms with E-state index >= 15 is 0 Å². The van der Waals surface area contributed by atoms with Crippen molar-refractivity contribution in [3.8, 4) is 0 Å². The highest BCUT2D eigenvalue weighted by molar-refractivity contribution is 5.87. The highest BCUT2D eigenvalue weighted by Crippen LogP contribution is 2.16. The molecule has 0 aliphatic carbocycles. The lowest BCUT2D eigenvalue weighted by Gasteiger charge is -2.25. The second-order valence-electron chi connectivity index (χ2n) is 5.83. The van der Waals surface area contributed by atoms with Crippen LogP contribution in [0.1, 0.15) is 38.7 Å². The number of hydrogen-bond acceptors (Lipinski definition) is 2. The third-order valence-corrected chi connectivity index (χ3v) is 3.90. The van der Waals surface area contributed by atoms with Gasteiger partial charge in [0, 0.05) is 18.1 Å². The molecule has 1 aromatic heterocycles. The van der Waals surface area contributed by atoms with E-state index in [4.69, 9.17) is 0 Å². The van der Waals surface area contributed by atoms with Gasteiger partial charge in [-0.3, -0.25) is 4.79 Å². The predicted octanol–water partition coefficient (Wildman–Crippen LogP) is 2.86. The van der Waals surface area contributed by atoms with Crippen molar-refractivity contribution < 1.29 is 14.7 Å². The SMILES string of the molecule is CCCC(C)(NC(=O)CCc1ccc2[nH]ccc2c1)C(=O)O. The molecule has 22 heavy (non-hydrogen) atoms. The first-order chi connectivity index (χ1) is 10.4. The predicted molar refractivity (Wildman–Crippen MR) is 85.7 cm³/mol. The molecule has 1 amide bonds. The largest absolute Gasteiger partial charge is 0.480 e. The smallest absolute Gasteiger partial charge is 0.329 e. The summed E-state index contributed by atoms with van der Waals surface area (Å²) in [6, 6.07) is 8.00. The Hall–Kier alpha value is -2.30. The van der Waals surface area contributed by atoms with Crippen molar-refractivity contribution in [2.45, 2.75) is 45.1 Å². The molecule has 3 N–H and O–H groups in total. The molecule has 0 aliphatic heterocycles. The van der Waals surface area contributed by atoms with Crippen LogP contribution < -0.4 is 5.32 Å². The number of carboxylic acid groups (broad SMARTS) is 1. The molecule has 2 rings (SSSR count). The molecule has 5 nitrogen and oxygen atoms in total. The number of nitrogens with one attached hydrogen (secondary N) is 2. The molecule has 1 heterocycles. The maximum atomic E-state index is 12.0. The van der Waals surface area contributed by atoms with Crippen LogP contribution in [-0.4, -0.2) is 27.5 Å². The summed E-state index contributed by atoms with van der Waals surface area (Å²) in [7, 11) is 0. The Labute approximate surface area is 129 Å². The van der Waals surface area contributed by atoms with Gasteiger partial charge >= 0.3 is 5.97 Å². The number of hydrogen-bond donors (Lipinski definition) is 3. The number of benzene rings is 1. The van der Waals surface area contributed by atoms with Crippen LogP contribution >= 0.6 is 0 Å². The fraction of sp³-hybridized carbons (Fsp3) is 0.412. The third-order valence-electron chi connectivity index (χ3n) is 3.90. The quantitative estimate of drug-likeness (QED) is 0.735. The van der Waals surface area contributed by atoms with Gasteiger partial charge in [-0.2, -0.15) is 0 Å². The summed E-state index contributed by atoms with van der Waals surface area (Å²) in [5.74, 6) is -1.22. The van der Waals surface area contributed by atoms with Crippen LogP contribution in [-0.2, 0) is 16.0 Å². The van der Waals surface area contributed by atoms with E-state index in [1.54, 1.807) is 6.92 Å². The summed E-state index contributed by atoms with van der Waals surface area (Å²) < 4.78 is 0. The lowest BCUT2D eigenvalue weighted by Crippen LogP contribution is -2.52. The Kier molecular flexibility index (Phi) is 4.85. The Balaban J connectivity index is 1.95. The zero-order valence-corrected chi connectivity index (χ0v) is 13.0. The molecular weight excluding hydrogens is 280 g/mol. The van der Waals surface area contributed by atoms with Crippen molar-refractivity contribution in [1.82, 2.24) is 10.3 Å². The Morgan fingerprint density at radius 2 is 2.09 bits per heavy atom. The van der Waals surface area contributed by atoms with E-state index in [1.165, 1.54) is 0 Å². The summed E-state index contributed by atoms with van der Waals surface area (Å²) in [6.07, 6.45) is 3.87. The Morgan fingerprint density at radius 3 is 2.77 bits per heavy atom. The minimum Gasteiger partial charge on any atom is -0.480 e. The van der Waals surface area contributed by atoms with E-state index in [0.717, 1.165) is 16.5 Å². The van der Waals surface area contributed by atoms with Gasteiger partial charge < -0.3 is 15.4 Å². The average Bonchev–Trinajstić information content (AvgIpc) is 2.92. The van der Waals surface area contributed by atoms with Crippen LogP contribution in [0.2, 0.25) is 0 Å². The van der Waals surface area contributed by atoms with Crippen LogP contribution in [0.4, 0.5) is 0 Å². The van der Waals surface area contributed by atoms with Crippen LogP contribution in [0.25, 0.3) is 10.9 Å². The molecule has 0 saturated heterocycles. The molecule has 0 saturated carbocycles. The summed E-state index contributed by atoms with van der Waals surface area (Å²) >= 11 is 0. The number of aromatic amines is 1. The summed E-state index contributed by atoms with van der Waals surface area (Å²) in [5, 5.41) is 13.0. The Morgan fingerprint density at radius 1 is 1.32 bits per heavy atom. The average molecular weight is 302 g/mol. The first kappa shape index (κ1) is 16.1. The van der Waals surface area contributed by atoms with E-state index in [2.05, 4.69) is 10.3 Å². The molecule has 0 bridgehead atoms. The van der Waals surface area contributed by atoms with Gasteiger partial charge in [-0.05, 0) is 48.9 Å². The second-order valence-corrected chi connectivity index (χ2v) is 5.83. The van der Waals surface area contributed by atoms with E-state index < -0.39 is 11.5 Å². The number of rotatable bonds is 7. The van der Waals surface area contributed by atoms with Crippen molar-refractivity contribution in [1.29, 1.82) is 0 Å². The van der Waals surface area contributed by atoms with Gasteiger partial charge in [-0.15, -0.1) is 0 Å². The van der Waals surface area contributed by atoms with Gasteiger partial charge in [0.2, 0.25) is 5.91 Å². The number of aryl methyl sites for hydroxylation is 1. The van der Waals surface area contributed by atoms with Crippen molar-refractivity contribution >= 4 is 22.8 Å². The first-order valence-corrected chi connectivity index (χ1v) is 7.55. The molecule has 118 valence electrons.